The second kappa shape index (κ2) is 3.01. The average molecular weight is 172 g/mol. The van der Waals surface area contributed by atoms with Crippen LogP contribution in [0.1, 0.15) is 11.1 Å². The molecule has 0 bridgehead atoms. The van der Waals surface area contributed by atoms with E-state index in [1.807, 2.05) is 0 Å². The molecule has 0 N–H and O–H groups in total. The fourth-order valence-corrected chi connectivity index (χ4v) is 0.978. The molecule has 0 saturated heterocycles. The van der Waals surface area contributed by atoms with Crippen molar-refractivity contribution in [1.29, 1.82) is 0 Å². The van der Waals surface area contributed by atoms with Gasteiger partial charge >= 0.3 is 0 Å². The number of benzene rings is 1. The summed E-state index contributed by atoms with van der Waals surface area (Å²) in [4.78, 5) is 0. The van der Waals surface area contributed by atoms with Crippen molar-refractivity contribution in [2.24, 2.45) is 0 Å². The van der Waals surface area contributed by atoms with Gasteiger partial charge in [-0.05, 0) is 18.6 Å². The Kier molecular flexibility index (Phi) is 2.22. The van der Waals surface area contributed by atoms with E-state index in [1.54, 1.807) is 0 Å². The Morgan fingerprint density at radius 3 is 2.33 bits per heavy atom. The Bertz CT molecular complexity index is 329. The van der Waals surface area contributed by atoms with Crippen molar-refractivity contribution in [3.05, 3.63) is 41.2 Å². The standard InChI is InChI=1S/C9H7F3/c1-3-6-5(2)4-7(10)9(12)8(6)11/h3-4H,1H2,2H3. The van der Waals surface area contributed by atoms with E-state index >= 15 is 0 Å². The van der Waals surface area contributed by atoms with Gasteiger partial charge in [-0.25, -0.2) is 13.2 Å². The minimum Gasteiger partial charge on any atom is -0.204 e. The van der Waals surface area contributed by atoms with Crippen LogP contribution < -0.4 is 0 Å². The summed E-state index contributed by atoms with van der Waals surface area (Å²) in [5.74, 6) is -3.80. The van der Waals surface area contributed by atoms with Crippen molar-refractivity contribution in [2.45, 2.75) is 6.92 Å². The minimum atomic E-state index is -1.45. The van der Waals surface area contributed by atoms with Crippen molar-refractivity contribution in [3.63, 3.8) is 0 Å². The molecule has 1 rings (SSSR count). The molecule has 0 aliphatic heterocycles. The maximum absolute atomic E-state index is 12.8. The van der Waals surface area contributed by atoms with E-state index in [2.05, 4.69) is 6.58 Å². The van der Waals surface area contributed by atoms with Gasteiger partial charge in [0.2, 0.25) is 0 Å². The van der Waals surface area contributed by atoms with Gasteiger partial charge < -0.3 is 0 Å². The van der Waals surface area contributed by atoms with E-state index in [1.165, 1.54) is 6.92 Å². The molecule has 0 radical (unpaired) electrons. The highest BCUT2D eigenvalue weighted by atomic mass is 19.2. The van der Waals surface area contributed by atoms with Crippen LogP contribution in [0.3, 0.4) is 0 Å². The fourth-order valence-electron chi connectivity index (χ4n) is 0.978. The van der Waals surface area contributed by atoms with Crippen LogP contribution in [-0.2, 0) is 0 Å². The highest BCUT2D eigenvalue weighted by molar-refractivity contribution is 5.52. The molecule has 0 heterocycles. The maximum Gasteiger partial charge on any atom is 0.195 e. The van der Waals surface area contributed by atoms with Gasteiger partial charge in [-0.2, -0.15) is 0 Å². The molecule has 12 heavy (non-hydrogen) atoms. The van der Waals surface area contributed by atoms with Gasteiger partial charge in [0.15, 0.2) is 17.5 Å². The van der Waals surface area contributed by atoms with Gasteiger partial charge in [0.1, 0.15) is 0 Å². The quantitative estimate of drug-likeness (QED) is 0.571. The lowest BCUT2D eigenvalue weighted by Crippen LogP contribution is -1.96. The molecule has 64 valence electrons. The summed E-state index contributed by atoms with van der Waals surface area (Å²) in [6, 6.07) is 0.940. The molecule has 0 unspecified atom stereocenters. The van der Waals surface area contributed by atoms with Gasteiger partial charge in [0.05, 0.1) is 0 Å². The second-order valence-electron chi connectivity index (χ2n) is 2.42. The van der Waals surface area contributed by atoms with Gasteiger partial charge in [0.25, 0.3) is 0 Å². The number of hydrogen-bond donors (Lipinski definition) is 0. The summed E-state index contributed by atoms with van der Waals surface area (Å²) in [7, 11) is 0. The fraction of sp³-hybridized carbons (Fsp3) is 0.111. The highest BCUT2D eigenvalue weighted by Gasteiger charge is 2.13. The summed E-state index contributed by atoms with van der Waals surface area (Å²) in [6.45, 7) is 4.78. The lowest BCUT2D eigenvalue weighted by Gasteiger charge is -2.03. The normalized spacial score (nSPS) is 10.0. The van der Waals surface area contributed by atoms with Crippen LogP contribution in [0.5, 0.6) is 0 Å². The van der Waals surface area contributed by atoms with Crippen molar-refractivity contribution in [1.82, 2.24) is 0 Å². The molecule has 0 spiro atoms. The highest BCUT2D eigenvalue weighted by Crippen LogP contribution is 2.19. The molecule has 3 heteroatoms. The lowest BCUT2D eigenvalue weighted by atomic mass is 10.1. The molecule has 0 aliphatic rings. The first-order valence-electron chi connectivity index (χ1n) is 3.34. The molecule has 0 nitrogen and oxygen atoms in total. The summed E-state index contributed by atoms with van der Waals surface area (Å²) in [5, 5.41) is 0. The van der Waals surface area contributed by atoms with Gasteiger partial charge in [-0.1, -0.05) is 12.7 Å². The Hall–Kier alpha value is -1.25. The van der Waals surface area contributed by atoms with Crippen LogP contribution in [0.25, 0.3) is 6.08 Å². The van der Waals surface area contributed by atoms with Gasteiger partial charge in [-0.15, -0.1) is 0 Å². The summed E-state index contributed by atoms with van der Waals surface area (Å²) >= 11 is 0. The Balaban J connectivity index is 3.51. The molecule has 0 atom stereocenters. The number of rotatable bonds is 1. The van der Waals surface area contributed by atoms with Crippen LogP contribution in [0, 0.1) is 24.4 Å². The molecule has 1 aromatic rings. The molecule has 0 amide bonds. The third-order valence-electron chi connectivity index (χ3n) is 1.61. The van der Waals surface area contributed by atoms with Crippen molar-refractivity contribution in [2.75, 3.05) is 0 Å². The first-order chi connectivity index (χ1) is 5.57. The summed E-state index contributed by atoms with van der Waals surface area (Å²) < 4.78 is 37.9. The molecular formula is C9H7F3. The lowest BCUT2D eigenvalue weighted by molar-refractivity contribution is 0.445. The van der Waals surface area contributed by atoms with Crippen molar-refractivity contribution >= 4 is 6.08 Å². The predicted octanol–water partition coefficient (Wildman–Crippen LogP) is 3.06. The van der Waals surface area contributed by atoms with Gasteiger partial charge in [-0.3, -0.25) is 0 Å². The average Bonchev–Trinajstić information content (AvgIpc) is 2.01. The van der Waals surface area contributed by atoms with Crippen LogP contribution in [0.15, 0.2) is 12.6 Å². The molecule has 0 saturated carbocycles. The zero-order valence-electron chi connectivity index (χ0n) is 6.50. The van der Waals surface area contributed by atoms with E-state index in [4.69, 9.17) is 0 Å². The zero-order chi connectivity index (χ0) is 9.30. The minimum absolute atomic E-state index is 0.00824. The van der Waals surface area contributed by atoms with Crippen molar-refractivity contribution in [3.8, 4) is 0 Å². The monoisotopic (exact) mass is 172 g/mol. The van der Waals surface area contributed by atoms with Crippen molar-refractivity contribution < 1.29 is 13.2 Å². The van der Waals surface area contributed by atoms with E-state index in [-0.39, 0.29) is 5.56 Å². The summed E-state index contributed by atoms with van der Waals surface area (Å²) in [5.41, 5.74) is 0.343. The van der Waals surface area contributed by atoms with Gasteiger partial charge in [0, 0.05) is 5.56 Å². The SMILES string of the molecule is C=Cc1c(C)cc(F)c(F)c1F. The van der Waals surface area contributed by atoms with Crippen LogP contribution in [-0.4, -0.2) is 0 Å². The molecule has 0 fully saturated rings. The third kappa shape index (κ3) is 1.22. The third-order valence-corrected chi connectivity index (χ3v) is 1.61. The maximum atomic E-state index is 12.8. The molecule has 0 aliphatic carbocycles. The molecule has 1 aromatic carbocycles. The Labute approximate surface area is 68.3 Å². The van der Waals surface area contributed by atoms with Crippen LogP contribution in [0.4, 0.5) is 13.2 Å². The number of aryl methyl sites for hydroxylation is 1. The Morgan fingerprint density at radius 1 is 1.25 bits per heavy atom. The zero-order valence-corrected chi connectivity index (χ0v) is 6.50. The van der Waals surface area contributed by atoms with Crippen LogP contribution in [0.2, 0.25) is 0 Å². The van der Waals surface area contributed by atoms with E-state index < -0.39 is 17.5 Å². The predicted molar refractivity (Wildman–Crippen MR) is 41.1 cm³/mol. The van der Waals surface area contributed by atoms with Crippen LogP contribution >= 0.6 is 0 Å². The first-order valence-corrected chi connectivity index (χ1v) is 3.34. The topological polar surface area (TPSA) is 0 Å². The smallest absolute Gasteiger partial charge is 0.195 e. The Morgan fingerprint density at radius 2 is 1.83 bits per heavy atom. The first kappa shape index (κ1) is 8.84. The van der Waals surface area contributed by atoms with E-state index in [0.717, 1.165) is 12.1 Å². The molecular weight excluding hydrogens is 165 g/mol. The van der Waals surface area contributed by atoms with E-state index in [0.29, 0.717) is 5.56 Å². The molecule has 0 aromatic heterocycles. The number of halogens is 3. The number of hydrogen-bond acceptors (Lipinski definition) is 0. The second-order valence-corrected chi connectivity index (χ2v) is 2.42. The van der Waals surface area contributed by atoms with E-state index in [9.17, 15) is 13.2 Å². The summed E-state index contributed by atoms with van der Waals surface area (Å²) in [6.07, 6.45) is 1.16. The largest absolute Gasteiger partial charge is 0.204 e.